The number of para-hydroxylation sites is 1. The van der Waals surface area contributed by atoms with Gasteiger partial charge in [0.2, 0.25) is 10.0 Å². The van der Waals surface area contributed by atoms with Gasteiger partial charge in [0.25, 0.3) is 11.6 Å². The van der Waals surface area contributed by atoms with Crippen LogP contribution in [0, 0.1) is 10.1 Å². The third-order valence-electron chi connectivity index (χ3n) is 4.16. The Morgan fingerprint density at radius 3 is 2.40 bits per heavy atom. The molecule has 1 amide bonds. The van der Waals surface area contributed by atoms with E-state index in [9.17, 15) is 23.3 Å². The number of amides is 1. The minimum atomic E-state index is -4.00. The highest BCUT2D eigenvalue weighted by Crippen LogP contribution is 2.27. The molecule has 25 heavy (non-hydrogen) atoms. The van der Waals surface area contributed by atoms with Crippen LogP contribution in [-0.2, 0) is 19.6 Å². The normalized spacial score (nSPS) is 17.3. The zero-order valence-electron chi connectivity index (χ0n) is 14.1. The standard InChI is InChI=1S/C15H21N3O6S/c1-3-13(24-2)15(19)16-8-10-17(11-9-16)25(22,23)14-7-5-4-6-12(14)18(20)21/h4-7,13H,3,8-11H2,1-2H3. The molecule has 1 aliphatic rings. The van der Waals surface area contributed by atoms with E-state index in [0.717, 1.165) is 6.07 Å². The number of carbonyl (C=O) groups is 1. The van der Waals surface area contributed by atoms with Crippen molar-refractivity contribution in [2.75, 3.05) is 33.3 Å². The lowest BCUT2D eigenvalue weighted by molar-refractivity contribution is -0.387. The van der Waals surface area contributed by atoms with E-state index in [2.05, 4.69) is 0 Å². The monoisotopic (exact) mass is 371 g/mol. The molecule has 9 nitrogen and oxygen atoms in total. The van der Waals surface area contributed by atoms with Gasteiger partial charge in [-0.15, -0.1) is 0 Å². The number of nitro groups is 1. The predicted molar refractivity (Wildman–Crippen MR) is 89.5 cm³/mol. The van der Waals surface area contributed by atoms with Crippen LogP contribution in [0.15, 0.2) is 29.2 Å². The smallest absolute Gasteiger partial charge is 0.289 e. The van der Waals surface area contributed by atoms with Gasteiger partial charge >= 0.3 is 0 Å². The van der Waals surface area contributed by atoms with Crippen molar-refractivity contribution in [3.8, 4) is 0 Å². The van der Waals surface area contributed by atoms with Crippen LogP contribution in [0.1, 0.15) is 13.3 Å². The highest BCUT2D eigenvalue weighted by Gasteiger charge is 2.35. The van der Waals surface area contributed by atoms with Gasteiger partial charge in [0.15, 0.2) is 4.90 Å². The summed E-state index contributed by atoms with van der Waals surface area (Å²) in [6.45, 7) is 2.44. The second-order valence-electron chi connectivity index (χ2n) is 5.59. The van der Waals surface area contributed by atoms with Crippen molar-refractivity contribution in [3.63, 3.8) is 0 Å². The van der Waals surface area contributed by atoms with Crippen molar-refractivity contribution in [2.24, 2.45) is 0 Å². The Hall–Kier alpha value is -2.04. The van der Waals surface area contributed by atoms with Gasteiger partial charge in [0, 0.05) is 39.4 Å². The molecule has 1 atom stereocenters. The Morgan fingerprint density at radius 1 is 1.28 bits per heavy atom. The summed E-state index contributed by atoms with van der Waals surface area (Å²) in [6, 6.07) is 5.26. The molecule has 0 bridgehead atoms. The van der Waals surface area contributed by atoms with Gasteiger partial charge in [-0.2, -0.15) is 4.31 Å². The lowest BCUT2D eigenvalue weighted by Gasteiger charge is -2.35. The second-order valence-corrected chi connectivity index (χ2v) is 7.49. The number of methoxy groups -OCH3 is 1. The number of benzene rings is 1. The molecule has 0 spiro atoms. The minimum Gasteiger partial charge on any atom is -0.372 e. The topological polar surface area (TPSA) is 110 Å². The van der Waals surface area contributed by atoms with Crippen molar-refractivity contribution < 1.29 is 22.9 Å². The average molecular weight is 371 g/mol. The van der Waals surface area contributed by atoms with Gasteiger partial charge in [-0.1, -0.05) is 19.1 Å². The summed E-state index contributed by atoms with van der Waals surface area (Å²) in [7, 11) is -2.54. The van der Waals surface area contributed by atoms with Crippen LogP contribution in [0.5, 0.6) is 0 Å². The molecule has 0 aromatic heterocycles. The van der Waals surface area contributed by atoms with E-state index in [-0.39, 0.29) is 37.0 Å². The fourth-order valence-electron chi connectivity index (χ4n) is 2.76. The van der Waals surface area contributed by atoms with Crippen molar-refractivity contribution in [2.45, 2.75) is 24.3 Å². The minimum absolute atomic E-state index is 0.0836. The first kappa shape index (κ1) is 19.3. The molecule has 0 radical (unpaired) electrons. The van der Waals surface area contributed by atoms with E-state index in [1.54, 1.807) is 4.90 Å². The highest BCUT2D eigenvalue weighted by atomic mass is 32.2. The van der Waals surface area contributed by atoms with E-state index in [4.69, 9.17) is 4.74 Å². The van der Waals surface area contributed by atoms with Crippen LogP contribution in [0.25, 0.3) is 0 Å². The van der Waals surface area contributed by atoms with Crippen LogP contribution in [0.3, 0.4) is 0 Å². The first-order valence-electron chi connectivity index (χ1n) is 7.88. The second kappa shape index (κ2) is 7.89. The predicted octanol–water partition coefficient (Wildman–Crippen LogP) is 0.853. The third-order valence-corrected chi connectivity index (χ3v) is 6.11. The van der Waals surface area contributed by atoms with Crippen molar-refractivity contribution in [1.29, 1.82) is 0 Å². The third kappa shape index (κ3) is 3.97. The number of ether oxygens (including phenoxy) is 1. The molecule has 0 N–H and O–H groups in total. The lowest BCUT2D eigenvalue weighted by Crippen LogP contribution is -2.53. The largest absolute Gasteiger partial charge is 0.372 e. The van der Waals surface area contributed by atoms with Gasteiger partial charge in [-0.05, 0) is 12.5 Å². The van der Waals surface area contributed by atoms with Crippen LogP contribution >= 0.6 is 0 Å². The number of sulfonamides is 1. The summed E-state index contributed by atoms with van der Waals surface area (Å²) in [5.41, 5.74) is -0.452. The molecule has 1 heterocycles. The Labute approximate surface area is 146 Å². The fraction of sp³-hybridized carbons (Fsp3) is 0.533. The summed E-state index contributed by atoms with van der Waals surface area (Å²) in [6.07, 6.45) is -0.0114. The van der Waals surface area contributed by atoms with Crippen LogP contribution in [0.2, 0.25) is 0 Å². The van der Waals surface area contributed by atoms with E-state index in [1.807, 2.05) is 6.92 Å². The number of rotatable bonds is 6. The van der Waals surface area contributed by atoms with Gasteiger partial charge in [0.05, 0.1) is 4.92 Å². The molecule has 0 aliphatic carbocycles. The molecule has 2 rings (SSSR count). The number of carbonyl (C=O) groups excluding carboxylic acids is 1. The summed E-state index contributed by atoms with van der Waals surface area (Å²) in [5, 5.41) is 11.1. The van der Waals surface area contributed by atoms with Crippen LogP contribution in [0.4, 0.5) is 5.69 Å². The number of piperazine rings is 1. The Kier molecular flexibility index (Phi) is 6.09. The Morgan fingerprint density at radius 2 is 1.88 bits per heavy atom. The summed E-state index contributed by atoms with van der Waals surface area (Å²) < 4.78 is 31.8. The fourth-order valence-corrected chi connectivity index (χ4v) is 4.34. The maximum atomic E-state index is 12.7. The number of nitrogens with zero attached hydrogens (tertiary/aromatic N) is 3. The molecule has 1 aromatic carbocycles. The quantitative estimate of drug-likeness (QED) is 0.542. The van der Waals surface area contributed by atoms with Gasteiger partial charge in [-0.25, -0.2) is 8.42 Å². The zero-order valence-corrected chi connectivity index (χ0v) is 14.9. The van der Waals surface area contributed by atoms with Gasteiger partial charge in [0.1, 0.15) is 6.10 Å². The maximum Gasteiger partial charge on any atom is 0.289 e. The Balaban J connectivity index is 2.15. The van der Waals surface area contributed by atoms with Crippen molar-refractivity contribution in [1.82, 2.24) is 9.21 Å². The number of hydrogen-bond donors (Lipinski definition) is 0. The lowest BCUT2D eigenvalue weighted by atomic mass is 10.2. The molecule has 1 aromatic rings. The summed E-state index contributed by atoms with van der Waals surface area (Å²) in [4.78, 5) is 23.9. The average Bonchev–Trinajstić information content (AvgIpc) is 2.62. The number of hydrogen-bond acceptors (Lipinski definition) is 6. The number of nitro benzene ring substituents is 1. The summed E-state index contributed by atoms with van der Waals surface area (Å²) in [5.74, 6) is -0.173. The van der Waals surface area contributed by atoms with E-state index in [0.29, 0.717) is 6.42 Å². The summed E-state index contributed by atoms with van der Waals surface area (Å²) >= 11 is 0. The first-order valence-corrected chi connectivity index (χ1v) is 9.32. The molecular formula is C15H21N3O6S. The maximum absolute atomic E-state index is 12.7. The van der Waals surface area contributed by atoms with Gasteiger partial charge in [-0.3, -0.25) is 14.9 Å². The SMILES string of the molecule is CCC(OC)C(=O)N1CCN(S(=O)(=O)c2ccccc2[N+](=O)[O-])CC1. The van der Waals surface area contributed by atoms with Crippen molar-refractivity contribution >= 4 is 21.6 Å². The van der Waals surface area contributed by atoms with E-state index >= 15 is 0 Å². The molecule has 10 heteroatoms. The Bertz CT molecular complexity index is 739. The molecular weight excluding hydrogens is 350 g/mol. The van der Waals surface area contributed by atoms with Crippen LogP contribution in [-0.4, -0.2) is 67.8 Å². The molecule has 1 saturated heterocycles. The molecule has 138 valence electrons. The van der Waals surface area contributed by atoms with E-state index in [1.165, 1.54) is 29.6 Å². The zero-order chi connectivity index (χ0) is 18.6. The van der Waals surface area contributed by atoms with Crippen molar-refractivity contribution in [3.05, 3.63) is 34.4 Å². The molecule has 1 unspecified atom stereocenters. The highest BCUT2D eigenvalue weighted by molar-refractivity contribution is 7.89. The molecule has 1 fully saturated rings. The van der Waals surface area contributed by atoms with Crippen LogP contribution < -0.4 is 0 Å². The van der Waals surface area contributed by atoms with E-state index < -0.39 is 26.7 Å². The molecule has 0 saturated carbocycles. The first-order chi connectivity index (χ1) is 11.8. The molecule has 1 aliphatic heterocycles. The van der Waals surface area contributed by atoms with Gasteiger partial charge < -0.3 is 9.64 Å².